The molecule has 0 N–H and O–H groups in total. The first-order valence-corrected chi connectivity index (χ1v) is 5.06. The fourth-order valence-electron chi connectivity index (χ4n) is 1.50. The molecule has 80 valence electrons. The van der Waals surface area contributed by atoms with Crippen LogP contribution in [0.2, 0.25) is 0 Å². The molecule has 1 heterocycles. The second kappa shape index (κ2) is 4.41. The molecule has 0 aromatic carbocycles. The van der Waals surface area contributed by atoms with Gasteiger partial charge < -0.3 is 9.26 Å². The predicted octanol–water partition coefficient (Wildman–Crippen LogP) is 1.28. The Labute approximate surface area is 88.0 Å². The fraction of sp³-hybridized carbons (Fsp3) is 0.700. The van der Waals surface area contributed by atoms with E-state index < -0.39 is 0 Å². The van der Waals surface area contributed by atoms with Gasteiger partial charge >= 0.3 is 0 Å². The van der Waals surface area contributed by atoms with Crippen LogP contribution in [0.15, 0.2) is 4.52 Å². The molecule has 5 heteroatoms. The van der Waals surface area contributed by atoms with Gasteiger partial charge in [-0.2, -0.15) is 10.2 Å². The fourth-order valence-corrected chi connectivity index (χ4v) is 1.50. The van der Waals surface area contributed by atoms with E-state index in [-0.39, 0.29) is 11.8 Å². The first-order valence-electron chi connectivity index (χ1n) is 5.06. The Hall–Kier alpha value is -1.41. The Kier molecular flexibility index (Phi) is 2.97. The Balaban J connectivity index is 1.86. The van der Waals surface area contributed by atoms with Crippen molar-refractivity contribution >= 4 is 0 Å². The molecular weight excluding hydrogens is 194 g/mol. The van der Waals surface area contributed by atoms with Gasteiger partial charge in [-0.25, -0.2) is 0 Å². The lowest BCUT2D eigenvalue weighted by Crippen LogP contribution is -1.94. The van der Waals surface area contributed by atoms with E-state index in [4.69, 9.17) is 14.5 Å². The summed E-state index contributed by atoms with van der Waals surface area (Å²) in [7, 11) is 1.67. The highest BCUT2D eigenvalue weighted by atomic mass is 16.5. The minimum Gasteiger partial charge on any atom is -0.385 e. The monoisotopic (exact) mass is 207 g/mol. The summed E-state index contributed by atoms with van der Waals surface area (Å²) in [5, 5.41) is 12.5. The molecule has 1 aromatic rings. The van der Waals surface area contributed by atoms with E-state index in [1.807, 2.05) is 0 Å². The van der Waals surface area contributed by atoms with E-state index in [2.05, 4.69) is 16.2 Å². The molecule has 1 fully saturated rings. The Bertz CT molecular complexity index is 369. The SMILES string of the molecule is COCCCc1noc(C2CC2C#N)n1. The van der Waals surface area contributed by atoms with E-state index in [9.17, 15) is 0 Å². The summed E-state index contributed by atoms with van der Waals surface area (Å²) in [6.07, 6.45) is 2.51. The maximum atomic E-state index is 8.66. The van der Waals surface area contributed by atoms with Crippen molar-refractivity contribution in [3.8, 4) is 6.07 Å². The highest BCUT2D eigenvalue weighted by molar-refractivity contribution is 5.15. The second-order valence-corrected chi connectivity index (χ2v) is 3.72. The van der Waals surface area contributed by atoms with Gasteiger partial charge in [-0.05, 0) is 12.8 Å². The number of nitrogens with zero attached hydrogens (tertiary/aromatic N) is 3. The van der Waals surface area contributed by atoms with Crippen molar-refractivity contribution in [3.63, 3.8) is 0 Å². The molecule has 2 unspecified atom stereocenters. The summed E-state index contributed by atoms with van der Waals surface area (Å²) < 4.78 is 10.0. The van der Waals surface area contributed by atoms with Gasteiger partial charge in [0.25, 0.3) is 0 Å². The van der Waals surface area contributed by atoms with Crippen molar-refractivity contribution < 1.29 is 9.26 Å². The van der Waals surface area contributed by atoms with Gasteiger partial charge in [0.2, 0.25) is 5.89 Å². The van der Waals surface area contributed by atoms with Crippen LogP contribution in [-0.2, 0) is 11.2 Å². The first-order chi connectivity index (χ1) is 7.35. The number of methoxy groups -OCH3 is 1. The van der Waals surface area contributed by atoms with Crippen molar-refractivity contribution in [2.75, 3.05) is 13.7 Å². The van der Waals surface area contributed by atoms with Crippen LogP contribution in [0.3, 0.4) is 0 Å². The Morgan fingerprint density at radius 1 is 1.67 bits per heavy atom. The van der Waals surface area contributed by atoms with Gasteiger partial charge in [0.1, 0.15) is 0 Å². The van der Waals surface area contributed by atoms with Crippen molar-refractivity contribution in [1.82, 2.24) is 10.1 Å². The third kappa shape index (κ3) is 2.34. The summed E-state index contributed by atoms with van der Waals surface area (Å²) in [4.78, 5) is 4.26. The zero-order valence-corrected chi connectivity index (χ0v) is 8.64. The van der Waals surface area contributed by atoms with Crippen molar-refractivity contribution in [1.29, 1.82) is 5.26 Å². The predicted molar refractivity (Wildman–Crippen MR) is 51.0 cm³/mol. The van der Waals surface area contributed by atoms with Gasteiger partial charge in [-0.3, -0.25) is 0 Å². The van der Waals surface area contributed by atoms with Crippen molar-refractivity contribution in [3.05, 3.63) is 11.7 Å². The molecule has 1 saturated carbocycles. The first kappa shape index (κ1) is 10.1. The summed E-state index contributed by atoms with van der Waals surface area (Å²) in [5.41, 5.74) is 0. The molecular formula is C10H13N3O2. The van der Waals surface area contributed by atoms with Crippen LogP contribution in [0.25, 0.3) is 0 Å². The maximum absolute atomic E-state index is 8.66. The lowest BCUT2D eigenvalue weighted by Gasteiger charge is -1.93. The van der Waals surface area contributed by atoms with Gasteiger partial charge in [0.05, 0.1) is 17.9 Å². The summed E-state index contributed by atoms with van der Waals surface area (Å²) in [6.45, 7) is 0.703. The molecule has 1 aliphatic carbocycles. The van der Waals surface area contributed by atoms with Crippen LogP contribution in [0, 0.1) is 17.2 Å². The van der Waals surface area contributed by atoms with Crippen LogP contribution >= 0.6 is 0 Å². The lowest BCUT2D eigenvalue weighted by atomic mass is 10.3. The minimum atomic E-state index is 0.0808. The molecule has 0 spiro atoms. The van der Waals surface area contributed by atoms with Crippen molar-refractivity contribution in [2.24, 2.45) is 5.92 Å². The standard InChI is InChI=1S/C10H13N3O2/c1-14-4-2-3-9-12-10(15-13-9)8-5-7(8)6-11/h7-8H,2-5H2,1H3. The van der Waals surface area contributed by atoms with E-state index in [1.54, 1.807) is 7.11 Å². The third-order valence-corrected chi connectivity index (χ3v) is 2.51. The molecule has 0 radical (unpaired) electrons. The average Bonchev–Trinajstić information content (AvgIpc) is 2.91. The average molecular weight is 207 g/mol. The van der Waals surface area contributed by atoms with Crippen LogP contribution < -0.4 is 0 Å². The zero-order chi connectivity index (χ0) is 10.7. The summed E-state index contributed by atoms with van der Waals surface area (Å²) in [5.74, 6) is 1.59. The molecule has 0 amide bonds. The lowest BCUT2D eigenvalue weighted by molar-refractivity contribution is 0.194. The van der Waals surface area contributed by atoms with E-state index >= 15 is 0 Å². The zero-order valence-electron chi connectivity index (χ0n) is 8.64. The summed E-state index contributed by atoms with van der Waals surface area (Å²) in [6, 6.07) is 2.20. The third-order valence-electron chi connectivity index (χ3n) is 2.51. The molecule has 1 aliphatic rings. The largest absolute Gasteiger partial charge is 0.385 e. The highest BCUT2D eigenvalue weighted by Crippen LogP contribution is 2.45. The molecule has 5 nitrogen and oxygen atoms in total. The quantitative estimate of drug-likeness (QED) is 0.680. The van der Waals surface area contributed by atoms with E-state index in [0.717, 1.165) is 19.3 Å². The van der Waals surface area contributed by atoms with Crippen molar-refractivity contribution in [2.45, 2.75) is 25.2 Å². The normalized spacial score (nSPS) is 23.7. The molecule has 15 heavy (non-hydrogen) atoms. The number of rotatable bonds is 5. The van der Waals surface area contributed by atoms with Gasteiger partial charge in [-0.1, -0.05) is 5.16 Å². The minimum absolute atomic E-state index is 0.0808. The van der Waals surface area contributed by atoms with Gasteiger partial charge in [0, 0.05) is 20.1 Å². The van der Waals surface area contributed by atoms with Gasteiger partial charge in [-0.15, -0.1) is 0 Å². The van der Waals surface area contributed by atoms with E-state index in [0.29, 0.717) is 18.3 Å². The van der Waals surface area contributed by atoms with Crippen LogP contribution in [0.1, 0.15) is 30.5 Å². The number of hydrogen-bond acceptors (Lipinski definition) is 5. The maximum Gasteiger partial charge on any atom is 0.231 e. The van der Waals surface area contributed by atoms with Gasteiger partial charge in [0.15, 0.2) is 5.82 Å². The molecule has 2 atom stereocenters. The van der Waals surface area contributed by atoms with E-state index in [1.165, 1.54) is 0 Å². The molecule has 2 rings (SSSR count). The molecule has 0 aliphatic heterocycles. The molecule has 1 aromatic heterocycles. The Morgan fingerprint density at radius 2 is 2.53 bits per heavy atom. The smallest absolute Gasteiger partial charge is 0.231 e. The molecule has 0 saturated heterocycles. The van der Waals surface area contributed by atoms with Crippen LogP contribution in [0.5, 0.6) is 0 Å². The number of aryl methyl sites for hydroxylation is 1. The number of aromatic nitrogens is 2. The molecule has 0 bridgehead atoms. The number of ether oxygens (including phenoxy) is 1. The number of hydrogen-bond donors (Lipinski definition) is 0. The topological polar surface area (TPSA) is 71.9 Å². The number of nitriles is 1. The van der Waals surface area contributed by atoms with Crippen LogP contribution in [0.4, 0.5) is 0 Å². The second-order valence-electron chi connectivity index (χ2n) is 3.72. The van der Waals surface area contributed by atoms with Crippen LogP contribution in [-0.4, -0.2) is 23.9 Å². The Morgan fingerprint density at radius 3 is 3.20 bits per heavy atom. The summed E-state index contributed by atoms with van der Waals surface area (Å²) >= 11 is 0. The highest BCUT2D eigenvalue weighted by Gasteiger charge is 2.43.